The lowest BCUT2D eigenvalue weighted by Gasteiger charge is -2.27. The van der Waals surface area contributed by atoms with Gasteiger partial charge in [-0.25, -0.2) is 0 Å². The van der Waals surface area contributed by atoms with Gasteiger partial charge < -0.3 is 5.73 Å². The summed E-state index contributed by atoms with van der Waals surface area (Å²) in [4.78, 5) is 0. The van der Waals surface area contributed by atoms with Crippen LogP contribution >= 0.6 is 0 Å². The van der Waals surface area contributed by atoms with E-state index in [9.17, 15) is 0 Å². The topological polar surface area (TPSA) is 26.0 Å². The fourth-order valence-electron chi connectivity index (χ4n) is 4.06. The van der Waals surface area contributed by atoms with Crippen LogP contribution in [0.5, 0.6) is 0 Å². The molecule has 3 atom stereocenters. The Morgan fingerprint density at radius 2 is 1.61 bits per heavy atom. The van der Waals surface area contributed by atoms with E-state index in [2.05, 4.69) is 24.3 Å². The predicted octanol–water partition coefficient (Wildman–Crippen LogP) is 4.00. The highest BCUT2D eigenvalue weighted by Gasteiger charge is 2.47. The van der Waals surface area contributed by atoms with E-state index in [4.69, 9.17) is 5.73 Å². The summed E-state index contributed by atoms with van der Waals surface area (Å²) in [6.45, 7) is 0. The first-order chi connectivity index (χ1) is 8.81. The molecule has 0 saturated heterocycles. The monoisotopic (exact) mass is 241 g/mol. The van der Waals surface area contributed by atoms with E-state index in [1.54, 1.807) is 0 Å². The van der Waals surface area contributed by atoms with Crippen LogP contribution in [0.2, 0.25) is 0 Å². The van der Waals surface area contributed by atoms with Crippen molar-refractivity contribution in [2.24, 2.45) is 23.5 Å². The molecule has 0 amide bonds. The number of hydrogen-bond donors (Lipinski definition) is 1. The van der Waals surface area contributed by atoms with Gasteiger partial charge in [-0.15, -0.1) is 0 Å². The summed E-state index contributed by atoms with van der Waals surface area (Å²) in [7, 11) is 0. The second-order valence-electron chi connectivity index (χ2n) is 6.81. The second-order valence-corrected chi connectivity index (χ2v) is 6.81. The van der Waals surface area contributed by atoms with Gasteiger partial charge in [0.2, 0.25) is 0 Å². The van der Waals surface area contributed by atoms with E-state index in [1.807, 2.05) is 0 Å². The number of benzene rings is 1. The average Bonchev–Trinajstić information content (AvgIpc) is 2.94. The number of rotatable bonds is 3. The van der Waals surface area contributed by atoms with E-state index in [-0.39, 0.29) is 6.04 Å². The van der Waals surface area contributed by atoms with Crippen molar-refractivity contribution in [3.63, 3.8) is 0 Å². The SMILES string of the molecule is NC(c1ccc(C2CCC2)cc1)C1CC2CC2C1. The second kappa shape index (κ2) is 4.09. The van der Waals surface area contributed by atoms with Gasteiger partial charge in [0.05, 0.1) is 0 Å². The van der Waals surface area contributed by atoms with Crippen LogP contribution in [0.3, 0.4) is 0 Å². The molecule has 0 aromatic heterocycles. The normalized spacial score (nSPS) is 35.9. The minimum atomic E-state index is 0.285. The van der Waals surface area contributed by atoms with Gasteiger partial charge in [-0.1, -0.05) is 30.7 Å². The minimum absolute atomic E-state index is 0.285. The Bertz CT molecular complexity index is 421. The van der Waals surface area contributed by atoms with Gasteiger partial charge in [0.1, 0.15) is 0 Å². The predicted molar refractivity (Wildman–Crippen MR) is 74.3 cm³/mol. The molecule has 2 N–H and O–H groups in total. The van der Waals surface area contributed by atoms with Crippen molar-refractivity contribution >= 4 is 0 Å². The van der Waals surface area contributed by atoms with E-state index < -0.39 is 0 Å². The third-order valence-electron chi connectivity index (χ3n) is 5.69. The van der Waals surface area contributed by atoms with Crippen LogP contribution in [-0.2, 0) is 0 Å². The molecule has 3 fully saturated rings. The van der Waals surface area contributed by atoms with Crippen molar-refractivity contribution in [3.8, 4) is 0 Å². The molecule has 1 heteroatoms. The zero-order chi connectivity index (χ0) is 12.1. The molecule has 1 aromatic carbocycles. The summed E-state index contributed by atoms with van der Waals surface area (Å²) >= 11 is 0. The van der Waals surface area contributed by atoms with Gasteiger partial charge in [0.25, 0.3) is 0 Å². The maximum atomic E-state index is 6.46. The highest BCUT2D eigenvalue weighted by Crippen LogP contribution is 2.56. The first kappa shape index (κ1) is 11.0. The first-order valence-corrected chi connectivity index (χ1v) is 7.66. The smallest absolute Gasteiger partial charge is 0.0323 e. The van der Waals surface area contributed by atoms with E-state index in [0.29, 0.717) is 0 Å². The molecule has 0 radical (unpaired) electrons. The van der Waals surface area contributed by atoms with Gasteiger partial charge in [-0.2, -0.15) is 0 Å². The standard InChI is InChI=1S/C17H23N/c18-17(16-9-14-8-15(14)10-16)13-6-4-12(5-7-13)11-2-1-3-11/h4-7,11,14-17H,1-3,8-10,18H2. The lowest BCUT2D eigenvalue weighted by Crippen LogP contribution is -2.20. The Hall–Kier alpha value is -0.820. The average molecular weight is 241 g/mol. The maximum absolute atomic E-state index is 6.46. The van der Waals surface area contributed by atoms with Gasteiger partial charge in [0, 0.05) is 6.04 Å². The molecule has 1 nitrogen and oxygen atoms in total. The van der Waals surface area contributed by atoms with Crippen molar-refractivity contribution in [1.82, 2.24) is 0 Å². The lowest BCUT2D eigenvalue weighted by atomic mass is 9.79. The van der Waals surface area contributed by atoms with Crippen LogP contribution in [-0.4, -0.2) is 0 Å². The summed E-state index contributed by atoms with van der Waals surface area (Å²) in [5.74, 6) is 3.67. The molecule has 0 aliphatic heterocycles. The third-order valence-corrected chi connectivity index (χ3v) is 5.69. The Morgan fingerprint density at radius 1 is 0.944 bits per heavy atom. The molecule has 96 valence electrons. The lowest BCUT2D eigenvalue weighted by molar-refractivity contribution is 0.402. The molecular weight excluding hydrogens is 218 g/mol. The van der Waals surface area contributed by atoms with Crippen LogP contribution in [0.15, 0.2) is 24.3 Å². The molecule has 4 rings (SSSR count). The van der Waals surface area contributed by atoms with Crippen molar-refractivity contribution in [2.45, 2.75) is 50.5 Å². The van der Waals surface area contributed by atoms with Crippen LogP contribution < -0.4 is 5.73 Å². The molecule has 18 heavy (non-hydrogen) atoms. The molecule has 0 heterocycles. The Kier molecular flexibility index (Phi) is 2.51. The molecule has 3 unspecified atom stereocenters. The largest absolute Gasteiger partial charge is 0.324 e. The Labute approximate surface area is 110 Å². The van der Waals surface area contributed by atoms with Crippen molar-refractivity contribution in [2.75, 3.05) is 0 Å². The van der Waals surface area contributed by atoms with Crippen molar-refractivity contribution < 1.29 is 0 Å². The molecule has 1 aromatic rings. The molecular formula is C17H23N. The maximum Gasteiger partial charge on any atom is 0.0323 e. The molecule has 0 bridgehead atoms. The van der Waals surface area contributed by atoms with Gasteiger partial charge in [-0.3, -0.25) is 0 Å². The summed E-state index contributed by atoms with van der Waals surface area (Å²) < 4.78 is 0. The zero-order valence-electron chi connectivity index (χ0n) is 11.0. The van der Waals surface area contributed by atoms with Crippen LogP contribution in [0, 0.1) is 17.8 Å². The van der Waals surface area contributed by atoms with Gasteiger partial charge in [-0.05, 0) is 66.9 Å². The molecule has 3 aliphatic carbocycles. The quantitative estimate of drug-likeness (QED) is 0.850. The number of hydrogen-bond acceptors (Lipinski definition) is 1. The summed E-state index contributed by atoms with van der Waals surface area (Å²) in [6.07, 6.45) is 8.45. The fourth-order valence-corrected chi connectivity index (χ4v) is 4.06. The molecule has 3 aliphatic rings. The molecule has 3 saturated carbocycles. The minimum Gasteiger partial charge on any atom is -0.324 e. The molecule has 0 spiro atoms. The first-order valence-electron chi connectivity index (χ1n) is 7.66. The van der Waals surface area contributed by atoms with E-state index in [0.717, 1.165) is 23.7 Å². The highest BCUT2D eigenvalue weighted by atomic mass is 14.7. The fraction of sp³-hybridized carbons (Fsp3) is 0.647. The van der Waals surface area contributed by atoms with Gasteiger partial charge in [0.15, 0.2) is 0 Å². The van der Waals surface area contributed by atoms with E-state index in [1.165, 1.54) is 49.7 Å². The van der Waals surface area contributed by atoms with Gasteiger partial charge >= 0.3 is 0 Å². The summed E-state index contributed by atoms with van der Waals surface area (Å²) in [6, 6.07) is 9.53. The van der Waals surface area contributed by atoms with Crippen LogP contribution in [0.1, 0.15) is 61.6 Å². The van der Waals surface area contributed by atoms with Crippen molar-refractivity contribution in [3.05, 3.63) is 35.4 Å². The van der Waals surface area contributed by atoms with E-state index >= 15 is 0 Å². The number of nitrogens with two attached hydrogens (primary N) is 1. The van der Waals surface area contributed by atoms with Crippen LogP contribution in [0.25, 0.3) is 0 Å². The Balaban J connectivity index is 1.46. The summed E-state index contributed by atoms with van der Waals surface area (Å²) in [5.41, 5.74) is 9.35. The highest BCUT2D eigenvalue weighted by molar-refractivity contribution is 5.29. The van der Waals surface area contributed by atoms with Crippen LogP contribution in [0.4, 0.5) is 0 Å². The van der Waals surface area contributed by atoms with Crippen molar-refractivity contribution in [1.29, 1.82) is 0 Å². The number of fused-ring (bicyclic) bond motifs is 1. The summed E-state index contributed by atoms with van der Waals surface area (Å²) in [5, 5.41) is 0. The zero-order valence-corrected chi connectivity index (χ0v) is 11.0. The third kappa shape index (κ3) is 1.80. The Morgan fingerprint density at radius 3 is 2.17 bits per heavy atom.